The third-order valence-corrected chi connectivity index (χ3v) is 6.81. The quantitative estimate of drug-likeness (QED) is 0.672. The minimum atomic E-state index is 0.545. The van der Waals surface area contributed by atoms with E-state index in [1.54, 1.807) is 0 Å². The molecule has 2 unspecified atom stereocenters. The molecule has 22 heavy (non-hydrogen) atoms. The Balaban J connectivity index is 2.18. The smallest absolute Gasteiger partial charge is 0.0335 e. The van der Waals surface area contributed by atoms with Crippen LogP contribution in [0.5, 0.6) is 0 Å². The third kappa shape index (κ3) is 3.09. The number of aryl methyl sites for hydroxylation is 2. The van der Waals surface area contributed by atoms with Crippen LogP contribution in [0.4, 0.5) is 0 Å². The van der Waals surface area contributed by atoms with Crippen molar-refractivity contribution in [1.82, 2.24) is 0 Å². The summed E-state index contributed by atoms with van der Waals surface area (Å²) in [4.78, 5) is 0. The maximum Gasteiger partial charge on any atom is 0.0335 e. The highest BCUT2D eigenvalue weighted by Crippen LogP contribution is 2.38. The van der Waals surface area contributed by atoms with Crippen LogP contribution in [0.15, 0.2) is 36.4 Å². The second kappa shape index (κ2) is 6.72. The van der Waals surface area contributed by atoms with Crippen molar-refractivity contribution in [2.45, 2.75) is 37.2 Å². The van der Waals surface area contributed by atoms with E-state index in [0.717, 1.165) is 12.8 Å². The Morgan fingerprint density at radius 3 is 1.91 bits per heavy atom. The standard InChI is InChI=1S/C20H24S2/c1-13-8-15-9-14(2)18(13)12-20(22-4)17-7-5-6-16(11-17)19(10-15)21-3/h5-9,11,19-20H,10,12H2,1-4H3. The van der Waals surface area contributed by atoms with Gasteiger partial charge in [0.1, 0.15) is 0 Å². The summed E-state index contributed by atoms with van der Waals surface area (Å²) in [5.41, 5.74) is 8.89. The molecule has 0 amide bonds. The molecule has 0 N–H and O–H groups in total. The minimum absolute atomic E-state index is 0.545. The summed E-state index contributed by atoms with van der Waals surface area (Å²) < 4.78 is 0. The van der Waals surface area contributed by atoms with E-state index in [9.17, 15) is 0 Å². The Kier molecular flexibility index (Phi) is 4.89. The van der Waals surface area contributed by atoms with Gasteiger partial charge in [-0.25, -0.2) is 0 Å². The Morgan fingerprint density at radius 2 is 1.36 bits per heavy atom. The van der Waals surface area contributed by atoms with Crippen molar-refractivity contribution in [3.05, 3.63) is 69.8 Å². The number of hydrogen-bond acceptors (Lipinski definition) is 2. The van der Waals surface area contributed by atoms with Crippen LogP contribution in [-0.4, -0.2) is 12.5 Å². The molecule has 2 aromatic carbocycles. The SMILES string of the molecule is CSC1Cc2cc(C)c(c(C)c2)CC(SC)c2cccc1c2. The zero-order valence-corrected chi connectivity index (χ0v) is 15.5. The van der Waals surface area contributed by atoms with Crippen molar-refractivity contribution in [2.75, 3.05) is 12.5 Å². The van der Waals surface area contributed by atoms with Gasteiger partial charge in [-0.1, -0.05) is 36.4 Å². The number of fused-ring (bicyclic) bond motifs is 4. The van der Waals surface area contributed by atoms with Gasteiger partial charge in [0.05, 0.1) is 0 Å². The molecule has 0 saturated heterocycles. The van der Waals surface area contributed by atoms with Crippen LogP contribution < -0.4 is 0 Å². The number of rotatable bonds is 2. The van der Waals surface area contributed by atoms with Crippen molar-refractivity contribution < 1.29 is 0 Å². The lowest BCUT2D eigenvalue weighted by molar-refractivity contribution is 0.913. The monoisotopic (exact) mass is 328 g/mol. The number of benzene rings is 2. The Hall–Kier alpha value is -0.860. The predicted octanol–water partition coefficient (Wildman–Crippen LogP) is 5.91. The summed E-state index contributed by atoms with van der Waals surface area (Å²) in [5, 5.41) is 1.09. The van der Waals surface area contributed by atoms with Crippen molar-refractivity contribution in [3.8, 4) is 0 Å². The van der Waals surface area contributed by atoms with Gasteiger partial charge >= 0.3 is 0 Å². The molecule has 0 saturated carbocycles. The van der Waals surface area contributed by atoms with Gasteiger partial charge < -0.3 is 0 Å². The molecule has 2 aliphatic carbocycles. The molecule has 0 aliphatic heterocycles. The molecule has 0 fully saturated rings. The molecule has 2 aromatic rings. The second-order valence-corrected chi connectivity index (χ2v) is 8.32. The van der Waals surface area contributed by atoms with E-state index in [2.05, 4.69) is 62.8 Å². The summed E-state index contributed by atoms with van der Waals surface area (Å²) in [6, 6.07) is 14.1. The van der Waals surface area contributed by atoms with Crippen LogP contribution >= 0.6 is 23.5 Å². The molecule has 116 valence electrons. The van der Waals surface area contributed by atoms with Crippen molar-refractivity contribution in [2.24, 2.45) is 0 Å². The largest absolute Gasteiger partial charge is 0.157 e. The van der Waals surface area contributed by atoms with Crippen molar-refractivity contribution in [1.29, 1.82) is 0 Å². The number of thioether (sulfide) groups is 2. The fraction of sp³-hybridized carbons (Fsp3) is 0.400. The maximum absolute atomic E-state index is 2.44. The normalized spacial score (nSPS) is 20.7. The summed E-state index contributed by atoms with van der Waals surface area (Å²) in [6.45, 7) is 4.57. The Labute approximate surface area is 143 Å². The fourth-order valence-electron chi connectivity index (χ4n) is 3.56. The molecule has 0 heterocycles. The Morgan fingerprint density at radius 1 is 0.818 bits per heavy atom. The minimum Gasteiger partial charge on any atom is -0.157 e. The molecule has 2 aliphatic rings. The zero-order chi connectivity index (χ0) is 15.7. The van der Waals surface area contributed by atoms with Crippen LogP contribution in [0, 0.1) is 13.8 Å². The summed E-state index contributed by atoms with van der Waals surface area (Å²) >= 11 is 3.94. The lowest BCUT2D eigenvalue weighted by atomic mass is 9.94. The lowest BCUT2D eigenvalue weighted by Crippen LogP contribution is -2.03. The maximum atomic E-state index is 2.44. The molecular weight excluding hydrogens is 304 g/mol. The first-order chi connectivity index (χ1) is 10.6. The molecule has 0 radical (unpaired) electrons. The molecule has 2 atom stereocenters. The topological polar surface area (TPSA) is 0 Å². The predicted molar refractivity (Wildman–Crippen MR) is 102 cm³/mol. The first-order valence-electron chi connectivity index (χ1n) is 7.86. The van der Waals surface area contributed by atoms with Gasteiger partial charge in [0, 0.05) is 10.5 Å². The molecule has 0 nitrogen and oxygen atoms in total. The van der Waals surface area contributed by atoms with E-state index in [0.29, 0.717) is 10.5 Å². The molecule has 2 heteroatoms. The molecular formula is C20H24S2. The van der Waals surface area contributed by atoms with Crippen LogP contribution in [0.2, 0.25) is 0 Å². The van der Waals surface area contributed by atoms with Gasteiger partial charge in [-0.3, -0.25) is 0 Å². The van der Waals surface area contributed by atoms with E-state index < -0.39 is 0 Å². The van der Waals surface area contributed by atoms with Gasteiger partial charge in [0.2, 0.25) is 0 Å². The van der Waals surface area contributed by atoms with E-state index in [-0.39, 0.29) is 0 Å². The van der Waals surface area contributed by atoms with E-state index in [1.807, 2.05) is 23.5 Å². The van der Waals surface area contributed by atoms with Crippen LogP contribution in [0.1, 0.15) is 43.9 Å². The van der Waals surface area contributed by atoms with Crippen molar-refractivity contribution >= 4 is 23.5 Å². The van der Waals surface area contributed by atoms with E-state index >= 15 is 0 Å². The molecule has 0 aromatic heterocycles. The van der Waals surface area contributed by atoms with Gasteiger partial charge in [-0.15, -0.1) is 0 Å². The summed E-state index contributed by atoms with van der Waals surface area (Å²) in [6.07, 6.45) is 6.72. The average molecular weight is 329 g/mol. The highest BCUT2D eigenvalue weighted by Gasteiger charge is 2.20. The van der Waals surface area contributed by atoms with Gasteiger partial charge in [-0.05, 0) is 72.6 Å². The highest BCUT2D eigenvalue weighted by molar-refractivity contribution is 7.99. The Bertz CT molecular complexity index is 652. The van der Waals surface area contributed by atoms with E-state index in [4.69, 9.17) is 0 Å². The van der Waals surface area contributed by atoms with Crippen LogP contribution in [0.25, 0.3) is 0 Å². The third-order valence-electron chi connectivity index (χ3n) is 4.79. The van der Waals surface area contributed by atoms with Crippen LogP contribution in [-0.2, 0) is 12.8 Å². The van der Waals surface area contributed by atoms with Crippen molar-refractivity contribution in [3.63, 3.8) is 0 Å². The summed E-state index contributed by atoms with van der Waals surface area (Å²) in [5.74, 6) is 0. The first-order valence-corrected chi connectivity index (χ1v) is 10.4. The number of hydrogen-bond donors (Lipinski definition) is 0. The second-order valence-electron chi connectivity index (χ2n) is 6.24. The average Bonchev–Trinajstić information content (AvgIpc) is 2.53. The molecule has 4 bridgehead atoms. The zero-order valence-electron chi connectivity index (χ0n) is 13.8. The van der Waals surface area contributed by atoms with Gasteiger partial charge in [0.25, 0.3) is 0 Å². The summed E-state index contributed by atoms with van der Waals surface area (Å²) in [7, 11) is 0. The van der Waals surface area contributed by atoms with Gasteiger partial charge in [-0.2, -0.15) is 23.5 Å². The molecule has 0 spiro atoms. The van der Waals surface area contributed by atoms with E-state index in [1.165, 1.54) is 33.4 Å². The van der Waals surface area contributed by atoms with Crippen LogP contribution in [0.3, 0.4) is 0 Å². The highest BCUT2D eigenvalue weighted by atomic mass is 32.2. The fourth-order valence-corrected chi connectivity index (χ4v) is 5.09. The van der Waals surface area contributed by atoms with Gasteiger partial charge in [0.15, 0.2) is 0 Å². The first kappa shape index (κ1) is 16.0. The molecule has 4 rings (SSSR count). The lowest BCUT2D eigenvalue weighted by Gasteiger charge is -2.19.